The van der Waals surface area contributed by atoms with E-state index in [1.807, 2.05) is 54.6 Å². The molecule has 0 aliphatic carbocycles. The summed E-state index contributed by atoms with van der Waals surface area (Å²) in [6.07, 6.45) is 4.53. The number of hydroxylamine groups is 1. The molecule has 2 N–H and O–H groups in total. The molecule has 1 saturated heterocycles. The van der Waals surface area contributed by atoms with Crippen LogP contribution in [0.15, 0.2) is 90.8 Å². The molecule has 0 saturated carbocycles. The molecule has 0 bridgehead atoms. The minimum Gasteiger partial charge on any atom is -0.478 e. The number of allylic oxidation sites excluding steroid dienone is 1. The molecule has 1 amide bonds. The number of carbonyl (C=O) groups excluding carboxylic acids is 1. The predicted molar refractivity (Wildman–Crippen MR) is 135 cm³/mol. The fourth-order valence-corrected chi connectivity index (χ4v) is 4.14. The van der Waals surface area contributed by atoms with Gasteiger partial charge in [-0.05, 0) is 53.7 Å². The van der Waals surface area contributed by atoms with E-state index in [2.05, 4.69) is 24.5 Å². The van der Waals surface area contributed by atoms with E-state index in [1.165, 1.54) is 5.56 Å². The molecule has 1 aliphatic rings. The predicted octanol–water partition coefficient (Wildman–Crippen LogP) is 5.56. The first kappa shape index (κ1) is 24.2. The number of carboxylic acid groups (broad SMARTS) is 1. The Balaban J connectivity index is 1.51. The zero-order valence-electron chi connectivity index (χ0n) is 19.8. The number of hydrogen-bond acceptors (Lipinski definition) is 4. The van der Waals surface area contributed by atoms with E-state index in [1.54, 1.807) is 23.1 Å². The first-order chi connectivity index (χ1) is 17.1. The Hall–Kier alpha value is -3.90. The summed E-state index contributed by atoms with van der Waals surface area (Å²) in [5.41, 5.74) is 6.86. The third kappa shape index (κ3) is 5.97. The van der Waals surface area contributed by atoms with Crippen molar-refractivity contribution in [2.24, 2.45) is 0 Å². The number of unbranched alkanes of at least 4 members (excludes halogenated alkanes) is 1. The number of hydrogen-bond donors (Lipinski definition) is 2. The maximum Gasteiger partial charge on any atom is 0.336 e. The third-order valence-electron chi connectivity index (χ3n) is 6.07. The van der Waals surface area contributed by atoms with Gasteiger partial charge in [-0.3, -0.25) is 20.0 Å². The van der Waals surface area contributed by atoms with E-state index < -0.39 is 12.1 Å². The summed E-state index contributed by atoms with van der Waals surface area (Å²) in [4.78, 5) is 32.5. The Labute approximate surface area is 205 Å². The highest BCUT2D eigenvalue weighted by molar-refractivity contribution is 5.96. The lowest BCUT2D eigenvalue weighted by Gasteiger charge is -2.35. The summed E-state index contributed by atoms with van der Waals surface area (Å²) in [7, 11) is 0. The number of carbonyl (C=O) groups is 2. The second-order valence-corrected chi connectivity index (χ2v) is 8.58. The van der Waals surface area contributed by atoms with Crippen LogP contribution >= 0.6 is 0 Å². The zero-order valence-corrected chi connectivity index (χ0v) is 19.8. The maximum atomic E-state index is 13.4. The van der Waals surface area contributed by atoms with Crippen molar-refractivity contribution < 1.29 is 19.5 Å². The molecule has 1 aliphatic heterocycles. The van der Waals surface area contributed by atoms with Crippen LogP contribution in [0.5, 0.6) is 0 Å². The van der Waals surface area contributed by atoms with Gasteiger partial charge in [0, 0.05) is 0 Å². The van der Waals surface area contributed by atoms with Crippen LogP contribution in [-0.2, 0) is 22.6 Å². The number of benzene rings is 3. The van der Waals surface area contributed by atoms with Crippen molar-refractivity contribution in [3.63, 3.8) is 0 Å². The average Bonchev–Trinajstić information content (AvgIpc) is 2.89. The van der Waals surface area contributed by atoms with E-state index in [4.69, 9.17) is 4.84 Å². The summed E-state index contributed by atoms with van der Waals surface area (Å²) in [6, 6.07) is 24.7. The molecule has 4 rings (SSSR count). The molecule has 3 aromatic carbocycles. The van der Waals surface area contributed by atoms with Gasteiger partial charge in [0.05, 0.1) is 12.1 Å². The second kappa shape index (κ2) is 11.5. The molecular formula is C29H30N2O4. The molecular weight excluding hydrogens is 440 g/mol. The van der Waals surface area contributed by atoms with Gasteiger partial charge in [-0.2, -0.15) is 0 Å². The quantitative estimate of drug-likeness (QED) is 0.428. The molecule has 180 valence electrons. The number of carboxylic acids is 1. The number of nitrogens with one attached hydrogen (secondary N) is 1. The molecule has 1 atom stereocenters. The number of aryl methyl sites for hydroxylation is 1. The molecule has 35 heavy (non-hydrogen) atoms. The van der Waals surface area contributed by atoms with Crippen LogP contribution in [-0.4, -0.2) is 28.0 Å². The lowest BCUT2D eigenvalue weighted by Crippen LogP contribution is -2.50. The van der Waals surface area contributed by atoms with Crippen molar-refractivity contribution in [3.8, 4) is 11.1 Å². The van der Waals surface area contributed by atoms with Gasteiger partial charge in [0.2, 0.25) is 0 Å². The third-order valence-corrected chi connectivity index (χ3v) is 6.07. The van der Waals surface area contributed by atoms with Crippen LogP contribution < -0.4 is 5.48 Å². The van der Waals surface area contributed by atoms with Crippen molar-refractivity contribution in [1.29, 1.82) is 0 Å². The minimum atomic E-state index is -0.957. The SMILES string of the molecule is CCCC=C1NO[C@@H](CCc2ccccc2)C(=O)N1Cc1ccc(-c2ccccc2C(=O)O)cc1. The number of aromatic carboxylic acids is 1. The van der Waals surface area contributed by atoms with Crippen LogP contribution in [0.3, 0.4) is 0 Å². The fraction of sp³-hybridized carbons (Fsp3) is 0.241. The molecule has 6 nitrogen and oxygen atoms in total. The van der Waals surface area contributed by atoms with Crippen LogP contribution in [0.2, 0.25) is 0 Å². The summed E-state index contributed by atoms with van der Waals surface area (Å²) >= 11 is 0. The molecule has 0 radical (unpaired) electrons. The van der Waals surface area contributed by atoms with Crippen molar-refractivity contribution in [2.45, 2.75) is 45.3 Å². The zero-order chi connectivity index (χ0) is 24.6. The number of amides is 1. The number of rotatable bonds is 9. The van der Waals surface area contributed by atoms with Gasteiger partial charge >= 0.3 is 5.97 Å². The van der Waals surface area contributed by atoms with E-state index in [-0.39, 0.29) is 11.5 Å². The van der Waals surface area contributed by atoms with Gasteiger partial charge < -0.3 is 5.11 Å². The van der Waals surface area contributed by atoms with Crippen molar-refractivity contribution >= 4 is 11.9 Å². The van der Waals surface area contributed by atoms with Crippen molar-refractivity contribution in [3.05, 3.63) is 107 Å². The Morgan fingerprint density at radius 3 is 2.43 bits per heavy atom. The lowest BCUT2D eigenvalue weighted by atomic mass is 9.98. The van der Waals surface area contributed by atoms with Gasteiger partial charge in [-0.1, -0.05) is 86.1 Å². The molecule has 0 unspecified atom stereocenters. The smallest absolute Gasteiger partial charge is 0.336 e. The standard InChI is InChI=1S/C29H30N2O4/c1-2-3-13-27-30-35-26(19-16-21-9-5-4-6-10-21)28(32)31(27)20-22-14-17-23(18-15-22)24-11-7-8-12-25(24)29(33)34/h4-15,17-18,26,30H,2-3,16,19-20H2,1H3,(H,33,34)/t26-/m0/s1. The van der Waals surface area contributed by atoms with E-state index in [0.717, 1.165) is 30.4 Å². The molecule has 1 heterocycles. The van der Waals surface area contributed by atoms with E-state index in [0.29, 0.717) is 24.4 Å². The van der Waals surface area contributed by atoms with Crippen LogP contribution in [0.4, 0.5) is 0 Å². The second-order valence-electron chi connectivity index (χ2n) is 8.58. The van der Waals surface area contributed by atoms with Crippen LogP contribution in [0, 0.1) is 0 Å². The maximum absolute atomic E-state index is 13.4. The van der Waals surface area contributed by atoms with Crippen LogP contribution in [0.1, 0.15) is 47.7 Å². The summed E-state index contributed by atoms with van der Waals surface area (Å²) in [5, 5.41) is 9.50. The Morgan fingerprint density at radius 2 is 1.71 bits per heavy atom. The molecule has 0 aromatic heterocycles. The average molecular weight is 471 g/mol. The monoisotopic (exact) mass is 470 g/mol. The minimum absolute atomic E-state index is 0.0673. The number of nitrogens with zero attached hydrogens (tertiary/aromatic N) is 1. The normalized spacial score (nSPS) is 16.8. The summed E-state index contributed by atoms with van der Waals surface area (Å²) in [5.74, 6) is -0.364. The van der Waals surface area contributed by atoms with Gasteiger partial charge in [0.15, 0.2) is 6.10 Å². The van der Waals surface area contributed by atoms with Crippen molar-refractivity contribution in [2.75, 3.05) is 0 Å². The highest BCUT2D eigenvalue weighted by Crippen LogP contribution is 2.26. The largest absolute Gasteiger partial charge is 0.478 e. The summed E-state index contributed by atoms with van der Waals surface area (Å²) in [6.45, 7) is 2.48. The first-order valence-corrected chi connectivity index (χ1v) is 12.0. The highest BCUT2D eigenvalue weighted by Gasteiger charge is 2.33. The molecule has 1 fully saturated rings. The fourth-order valence-electron chi connectivity index (χ4n) is 4.14. The van der Waals surface area contributed by atoms with Gasteiger partial charge in [-0.15, -0.1) is 0 Å². The van der Waals surface area contributed by atoms with Gasteiger partial charge in [0.25, 0.3) is 5.91 Å². The first-order valence-electron chi connectivity index (χ1n) is 12.0. The molecule has 6 heteroatoms. The van der Waals surface area contributed by atoms with Gasteiger partial charge in [0.1, 0.15) is 5.82 Å². The summed E-state index contributed by atoms with van der Waals surface area (Å²) < 4.78 is 0. The Kier molecular flexibility index (Phi) is 7.95. The molecule has 0 spiro atoms. The highest BCUT2D eigenvalue weighted by atomic mass is 16.7. The van der Waals surface area contributed by atoms with E-state index in [9.17, 15) is 14.7 Å². The topological polar surface area (TPSA) is 78.9 Å². The van der Waals surface area contributed by atoms with Crippen molar-refractivity contribution in [1.82, 2.24) is 10.4 Å². The lowest BCUT2D eigenvalue weighted by molar-refractivity contribution is -0.159. The Bertz CT molecular complexity index is 1190. The molecule has 3 aromatic rings. The van der Waals surface area contributed by atoms with Crippen LogP contribution in [0.25, 0.3) is 11.1 Å². The van der Waals surface area contributed by atoms with Gasteiger partial charge in [-0.25, -0.2) is 4.79 Å². The Morgan fingerprint density at radius 1 is 1.00 bits per heavy atom. The van der Waals surface area contributed by atoms with E-state index >= 15 is 0 Å².